The lowest BCUT2D eigenvalue weighted by Crippen LogP contribution is -2.24. The van der Waals surface area contributed by atoms with Gasteiger partial charge in [0.25, 0.3) is 0 Å². The fourth-order valence-corrected chi connectivity index (χ4v) is 2.27. The highest BCUT2D eigenvalue weighted by atomic mass is 19.2. The Kier molecular flexibility index (Phi) is 4.79. The van der Waals surface area contributed by atoms with Crippen molar-refractivity contribution in [2.24, 2.45) is 0 Å². The van der Waals surface area contributed by atoms with Crippen molar-refractivity contribution in [3.05, 3.63) is 53.6 Å². The van der Waals surface area contributed by atoms with Crippen LogP contribution < -0.4 is 20.1 Å². The second-order valence-corrected chi connectivity index (χ2v) is 5.27. The molecule has 2 aromatic rings. The first kappa shape index (κ1) is 16.0. The number of amides is 1. The van der Waals surface area contributed by atoms with Crippen LogP contribution in [0.15, 0.2) is 36.4 Å². The van der Waals surface area contributed by atoms with E-state index < -0.39 is 11.6 Å². The molecule has 7 heteroatoms. The summed E-state index contributed by atoms with van der Waals surface area (Å²) in [5.41, 5.74) is 1.33. The highest BCUT2D eigenvalue weighted by Gasteiger charge is 2.13. The Morgan fingerprint density at radius 1 is 1.04 bits per heavy atom. The van der Waals surface area contributed by atoms with Gasteiger partial charge in [0.05, 0.1) is 0 Å². The molecule has 3 rings (SSSR count). The molecule has 1 aliphatic rings. The van der Waals surface area contributed by atoms with Gasteiger partial charge in [0.2, 0.25) is 12.7 Å². The minimum absolute atomic E-state index is 0.150. The Balaban J connectivity index is 1.42. The van der Waals surface area contributed by atoms with E-state index in [9.17, 15) is 13.6 Å². The predicted octanol–water partition coefficient (Wildman–Crippen LogP) is 2.81. The number of nitrogens with one attached hydrogen (secondary N) is 2. The number of rotatable bonds is 6. The Labute approximate surface area is 137 Å². The number of carbonyl (C=O) groups excluding carboxylic acids is 1. The van der Waals surface area contributed by atoms with Crippen LogP contribution in [0.2, 0.25) is 0 Å². The van der Waals surface area contributed by atoms with Gasteiger partial charge in [-0.05, 0) is 35.9 Å². The summed E-state index contributed by atoms with van der Waals surface area (Å²) in [5.74, 6) is -0.611. The van der Waals surface area contributed by atoms with Gasteiger partial charge in [0.1, 0.15) is 0 Å². The summed E-state index contributed by atoms with van der Waals surface area (Å²) in [7, 11) is 0. The molecule has 2 N–H and O–H groups in total. The molecule has 1 amide bonds. The molecule has 24 heavy (non-hydrogen) atoms. The molecule has 0 unspecified atom stereocenters. The van der Waals surface area contributed by atoms with E-state index in [-0.39, 0.29) is 19.1 Å². The van der Waals surface area contributed by atoms with Crippen molar-refractivity contribution in [3.63, 3.8) is 0 Å². The normalized spacial score (nSPS) is 12.1. The molecule has 0 aliphatic carbocycles. The van der Waals surface area contributed by atoms with Gasteiger partial charge in [0.15, 0.2) is 23.1 Å². The second-order valence-electron chi connectivity index (χ2n) is 5.27. The third-order valence-corrected chi connectivity index (χ3v) is 3.53. The first-order valence-electron chi connectivity index (χ1n) is 7.46. The zero-order chi connectivity index (χ0) is 16.9. The number of ether oxygens (including phenoxy) is 2. The molecule has 0 bridgehead atoms. The molecule has 1 aliphatic heterocycles. The molecule has 2 aromatic carbocycles. The molecule has 0 saturated heterocycles. The summed E-state index contributed by atoms with van der Waals surface area (Å²) < 4.78 is 36.4. The van der Waals surface area contributed by atoms with Gasteiger partial charge in [-0.15, -0.1) is 0 Å². The number of halogens is 2. The molecular formula is C17H16F2N2O3. The number of fused-ring (bicyclic) bond motifs is 1. The summed E-state index contributed by atoms with van der Waals surface area (Å²) >= 11 is 0. The molecule has 126 valence electrons. The largest absolute Gasteiger partial charge is 0.454 e. The number of anilines is 1. The number of hydrogen-bond donors (Lipinski definition) is 2. The van der Waals surface area contributed by atoms with Crippen molar-refractivity contribution in [3.8, 4) is 11.5 Å². The SMILES string of the molecule is O=C(CCNc1ccc(F)c(F)c1)NCc1ccc2c(c1)OCO2. The third-order valence-electron chi connectivity index (χ3n) is 3.53. The fourth-order valence-electron chi connectivity index (χ4n) is 2.27. The van der Waals surface area contributed by atoms with E-state index >= 15 is 0 Å². The van der Waals surface area contributed by atoms with Gasteiger partial charge in [-0.3, -0.25) is 4.79 Å². The van der Waals surface area contributed by atoms with Crippen molar-refractivity contribution in [2.45, 2.75) is 13.0 Å². The van der Waals surface area contributed by atoms with Gasteiger partial charge in [-0.1, -0.05) is 6.07 Å². The van der Waals surface area contributed by atoms with Crippen LogP contribution in [0.5, 0.6) is 11.5 Å². The van der Waals surface area contributed by atoms with Crippen LogP contribution in [-0.2, 0) is 11.3 Å². The summed E-state index contributed by atoms with van der Waals surface area (Å²) in [4.78, 5) is 11.8. The van der Waals surface area contributed by atoms with Crippen LogP contribution in [0.4, 0.5) is 14.5 Å². The Morgan fingerprint density at radius 2 is 1.88 bits per heavy atom. The van der Waals surface area contributed by atoms with Crippen LogP contribution in [0.25, 0.3) is 0 Å². The lowest BCUT2D eigenvalue weighted by Gasteiger charge is -2.08. The zero-order valence-electron chi connectivity index (χ0n) is 12.8. The molecule has 0 aromatic heterocycles. The number of benzene rings is 2. The Bertz CT molecular complexity index is 753. The average molecular weight is 334 g/mol. The third kappa shape index (κ3) is 3.92. The highest BCUT2D eigenvalue weighted by molar-refractivity contribution is 5.76. The maximum Gasteiger partial charge on any atom is 0.231 e. The minimum atomic E-state index is -0.924. The number of carbonyl (C=O) groups is 1. The minimum Gasteiger partial charge on any atom is -0.454 e. The van der Waals surface area contributed by atoms with Gasteiger partial charge in [-0.2, -0.15) is 0 Å². The molecule has 0 saturated carbocycles. The van der Waals surface area contributed by atoms with Crippen LogP contribution in [0.1, 0.15) is 12.0 Å². The van der Waals surface area contributed by atoms with Crippen molar-refractivity contribution in [1.29, 1.82) is 0 Å². The van der Waals surface area contributed by atoms with Crippen LogP contribution in [0, 0.1) is 11.6 Å². The molecule has 5 nitrogen and oxygen atoms in total. The molecule has 0 radical (unpaired) electrons. The van der Waals surface area contributed by atoms with Gasteiger partial charge < -0.3 is 20.1 Å². The Hall–Kier alpha value is -2.83. The zero-order valence-corrected chi connectivity index (χ0v) is 12.8. The monoisotopic (exact) mass is 334 g/mol. The molecule has 0 fully saturated rings. The summed E-state index contributed by atoms with van der Waals surface area (Å²) in [6.07, 6.45) is 0.212. The topological polar surface area (TPSA) is 59.6 Å². The lowest BCUT2D eigenvalue weighted by atomic mass is 10.2. The van der Waals surface area contributed by atoms with Gasteiger partial charge in [-0.25, -0.2) is 8.78 Å². The fraction of sp³-hybridized carbons (Fsp3) is 0.235. The first-order valence-corrected chi connectivity index (χ1v) is 7.46. The summed E-state index contributed by atoms with van der Waals surface area (Å²) in [6, 6.07) is 8.99. The van der Waals surface area contributed by atoms with E-state index in [0.29, 0.717) is 30.3 Å². The predicted molar refractivity (Wildman–Crippen MR) is 83.9 cm³/mol. The number of hydrogen-bond acceptors (Lipinski definition) is 4. The average Bonchev–Trinajstić information content (AvgIpc) is 3.04. The van der Waals surface area contributed by atoms with E-state index in [2.05, 4.69) is 10.6 Å². The van der Waals surface area contributed by atoms with Crippen molar-refractivity contribution in [1.82, 2.24) is 5.32 Å². The second kappa shape index (κ2) is 7.16. The van der Waals surface area contributed by atoms with Crippen molar-refractivity contribution in [2.75, 3.05) is 18.7 Å². The highest BCUT2D eigenvalue weighted by Crippen LogP contribution is 2.32. The molecule has 0 atom stereocenters. The maximum atomic E-state index is 13.1. The van der Waals surface area contributed by atoms with E-state index in [1.807, 2.05) is 12.1 Å². The van der Waals surface area contributed by atoms with E-state index in [0.717, 1.165) is 17.7 Å². The van der Waals surface area contributed by atoms with Gasteiger partial charge in [0, 0.05) is 25.2 Å². The lowest BCUT2D eigenvalue weighted by molar-refractivity contribution is -0.121. The van der Waals surface area contributed by atoms with Crippen LogP contribution >= 0.6 is 0 Å². The standard InChI is InChI=1S/C17H16F2N2O3/c18-13-3-2-12(8-14(13)19)20-6-5-17(22)21-9-11-1-4-15-16(7-11)24-10-23-15/h1-4,7-8,20H,5-6,9-10H2,(H,21,22). The van der Waals surface area contributed by atoms with Crippen molar-refractivity contribution >= 4 is 11.6 Å². The van der Waals surface area contributed by atoms with Gasteiger partial charge >= 0.3 is 0 Å². The van der Waals surface area contributed by atoms with Crippen LogP contribution in [0.3, 0.4) is 0 Å². The first-order chi connectivity index (χ1) is 11.6. The maximum absolute atomic E-state index is 13.1. The van der Waals surface area contributed by atoms with Crippen molar-refractivity contribution < 1.29 is 23.0 Å². The summed E-state index contributed by atoms with van der Waals surface area (Å²) in [5, 5.41) is 5.66. The quantitative estimate of drug-likeness (QED) is 0.853. The van der Waals surface area contributed by atoms with E-state index in [1.54, 1.807) is 6.07 Å². The van der Waals surface area contributed by atoms with Crippen LogP contribution in [-0.4, -0.2) is 19.2 Å². The molecule has 0 spiro atoms. The van der Waals surface area contributed by atoms with E-state index in [4.69, 9.17) is 9.47 Å². The smallest absolute Gasteiger partial charge is 0.231 e. The summed E-state index contributed by atoms with van der Waals surface area (Å²) in [6.45, 7) is 0.902. The molecular weight excluding hydrogens is 318 g/mol. The molecule has 1 heterocycles. The Morgan fingerprint density at radius 3 is 2.71 bits per heavy atom. The van der Waals surface area contributed by atoms with E-state index in [1.165, 1.54) is 6.07 Å².